The van der Waals surface area contributed by atoms with Crippen molar-refractivity contribution in [3.63, 3.8) is 0 Å². The van der Waals surface area contributed by atoms with Crippen molar-refractivity contribution in [1.29, 1.82) is 0 Å². The molecule has 6 heteroatoms. The van der Waals surface area contributed by atoms with Crippen molar-refractivity contribution in [3.05, 3.63) is 70.7 Å². The van der Waals surface area contributed by atoms with Crippen LogP contribution in [0.25, 0.3) is 11.3 Å². The van der Waals surface area contributed by atoms with Gasteiger partial charge in [0.15, 0.2) is 5.76 Å². The average molecular weight is 342 g/mol. The highest BCUT2D eigenvalue weighted by Crippen LogP contribution is 2.25. The van der Waals surface area contributed by atoms with Gasteiger partial charge in [0, 0.05) is 11.3 Å². The number of nitrogens with one attached hydrogen (secondary N) is 1. The van der Waals surface area contributed by atoms with Gasteiger partial charge < -0.3 is 15.5 Å². The van der Waals surface area contributed by atoms with E-state index in [2.05, 4.69) is 10.3 Å². The van der Waals surface area contributed by atoms with E-state index in [1.807, 2.05) is 31.2 Å². The minimum Gasteiger partial charge on any atom is -0.439 e. The van der Waals surface area contributed by atoms with Crippen LogP contribution < -0.4 is 11.1 Å². The summed E-state index contributed by atoms with van der Waals surface area (Å²) in [6.45, 7) is 2.43. The summed E-state index contributed by atoms with van der Waals surface area (Å²) in [5, 5.41) is 3.46. The van der Waals surface area contributed by atoms with Gasteiger partial charge in [-0.05, 0) is 30.7 Å². The van der Waals surface area contributed by atoms with E-state index in [4.69, 9.17) is 21.8 Å². The summed E-state index contributed by atoms with van der Waals surface area (Å²) >= 11 is 6.03. The van der Waals surface area contributed by atoms with E-state index in [0.717, 1.165) is 22.6 Å². The van der Waals surface area contributed by atoms with Crippen molar-refractivity contribution in [2.75, 3.05) is 5.32 Å². The summed E-state index contributed by atoms with van der Waals surface area (Å²) < 4.78 is 5.78. The maximum atomic E-state index is 11.2. The summed E-state index contributed by atoms with van der Waals surface area (Å²) in [4.78, 5) is 15.5. The maximum Gasteiger partial charge on any atom is 0.250 e. The lowest BCUT2D eigenvalue weighted by atomic mass is 10.1. The molecule has 0 radical (unpaired) electrons. The molecule has 3 N–H and O–H groups in total. The van der Waals surface area contributed by atoms with E-state index in [9.17, 15) is 4.79 Å². The second-order valence-electron chi connectivity index (χ2n) is 5.35. The third kappa shape index (κ3) is 3.41. The number of nitrogens with zero attached hydrogens (tertiary/aromatic N) is 1. The van der Waals surface area contributed by atoms with Crippen molar-refractivity contribution in [2.24, 2.45) is 5.73 Å². The van der Waals surface area contributed by atoms with Gasteiger partial charge >= 0.3 is 0 Å². The van der Waals surface area contributed by atoms with Gasteiger partial charge in [-0.1, -0.05) is 35.9 Å². The maximum absolute atomic E-state index is 11.2. The highest BCUT2D eigenvalue weighted by molar-refractivity contribution is 6.34. The zero-order valence-electron chi connectivity index (χ0n) is 13.0. The number of carbonyl (C=O) groups is 1. The minimum atomic E-state index is -0.554. The largest absolute Gasteiger partial charge is 0.439 e. The number of hydrogen-bond acceptors (Lipinski definition) is 4. The van der Waals surface area contributed by atoms with Crippen LogP contribution in [0.1, 0.15) is 21.8 Å². The molecule has 0 fully saturated rings. The van der Waals surface area contributed by atoms with E-state index in [1.165, 1.54) is 0 Å². The SMILES string of the molecule is Cc1ccccc1-c1cnc(CNc2ccc(C(N)=O)c(Cl)c2)o1. The molecule has 0 spiro atoms. The molecule has 0 unspecified atom stereocenters. The Labute approximate surface area is 144 Å². The van der Waals surface area contributed by atoms with E-state index < -0.39 is 5.91 Å². The number of anilines is 1. The Bertz CT molecular complexity index is 889. The lowest BCUT2D eigenvalue weighted by Gasteiger charge is -2.06. The van der Waals surface area contributed by atoms with Crippen molar-refractivity contribution in [1.82, 2.24) is 4.98 Å². The molecule has 122 valence electrons. The predicted molar refractivity (Wildman–Crippen MR) is 94.0 cm³/mol. The molecule has 0 aliphatic rings. The highest BCUT2D eigenvalue weighted by Gasteiger charge is 2.10. The summed E-state index contributed by atoms with van der Waals surface area (Å²) in [5.41, 5.74) is 8.42. The van der Waals surface area contributed by atoms with Gasteiger partial charge in [0.2, 0.25) is 11.8 Å². The second-order valence-corrected chi connectivity index (χ2v) is 5.75. The number of oxazole rings is 1. The molecule has 0 aliphatic heterocycles. The van der Waals surface area contributed by atoms with E-state index in [1.54, 1.807) is 24.4 Å². The number of aromatic nitrogens is 1. The van der Waals surface area contributed by atoms with Crippen LogP contribution in [0.5, 0.6) is 0 Å². The fourth-order valence-electron chi connectivity index (χ4n) is 2.37. The van der Waals surface area contributed by atoms with Crippen molar-refractivity contribution < 1.29 is 9.21 Å². The first kappa shape index (κ1) is 16.1. The number of rotatable bonds is 5. The number of benzene rings is 2. The van der Waals surface area contributed by atoms with Crippen LogP contribution in [0.2, 0.25) is 5.02 Å². The molecule has 5 nitrogen and oxygen atoms in total. The molecular weight excluding hydrogens is 326 g/mol. The Morgan fingerprint density at radius 1 is 1.29 bits per heavy atom. The van der Waals surface area contributed by atoms with Crippen LogP contribution in [0.3, 0.4) is 0 Å². The molecule has 1 aromatic heterocycles. The first-order valence-corrected chi connectivity index (χ1v) is 7.76. The molecular formula is C18H16ClN3O2. The molecule has 0 saturated heterocycles. The smallest absolute Gasteiger partial charge is 0.250 e. The van der Waals surface area contributed by atoms with Crippen molar-refractivity contribution >= 4 is 23.2 Å². The Kier molecular flexibility index (Phi) is 4.53. The third-order valence-electron chi connectivity index (χ3n) is 3.64. The second kappa shape index (κ2) is 6.76. The Hall–Kier alpha value is -2.79. The zero-order valence-corrected chi connectivity index (χ0v) is 13.8. The first-order valence-electron chi connectivity index (χ1n) is 7.38. The van der Waals surface area contributed by atoms with Gasteiger partial charge in [-0.3, -0.25) is 4.79 Å². The summed E-state index contributed by atoms with van der Waals surface area (Å²) in [6, 6.07) is 12.9. The van der Waals surface area contributed by atoms with Crippen molar-refractivity contribution in [2.45, 2.75) is 13.5 Å². The molecule has 2 aromatic carbocycles. The molecule has 0 bridgehead atoms. The van der Waals surface area contributed by atoms with Crippen LogP contribution in [-0.2, 0) is 6.54 Å². The number of halogens is 1. The molecule has 3 rings (SSSR count). The minimum absolute atomic E-state index is 0.292. The monoisotopic (exact) mass is 341 g/mol. The van der Waals surface area contributed by atoms with Gasteiger partial charge in [0.25, 0.3) is 0 Å². The van der Waals surface area contributed by atoms with E-state index in [-0.39, 0.29) is 0 Å². The number of carbonyl (C=O) groups excluding carboxylic acids is 1. The van der Waals surface area contributed by atoms with Crippen LogP contribution in [0.4, 0.5) is 5.69 Å². The molecule has 1 amide bonds. The lowest BCUT2D eigenvalue weighted by molar-refractivity contribution is 0.100. The number of aryl methyl sites for hydroxylation is 1. The third-order valence-corrected chi connectivity index (χ3v) is 3.96. The summed E-state index contributed by atoms with van der Waals surface area (Å²) in [6.07, 6.45) is 1.71. The topological polar surface area (TPSA) is 81.1 Å². The molecule has 24 heavy (non-hydrogen) atoms. The van der Waals surface area contributed by atoms with E-state index >= 15 is 0 Å². The zero-order chi connectivity index (χ0) is 17.1. The standard InChI is InChI=1S/C18H16ClN3O2/c1-11-4-2-3-5-13(11)16-9-22-17(24-16)10-21-12-6-7-14(18(20)23)15(19)8-12/h2-9,21H,10H2,1H3,(H2,20,23). The van der Waals surface area contributed by atoms with Gasteiger partial charge in [-0.25, -0.2) is 4.98 Å². The predicted octanol–water partition coefficient (Wildman–Crippen LogP) is 4.01. The summed E-state index contributed by atoms with van der Waals surface area (Å²) in [5.74, 6) is 0.734. The normalized spacial score (nSPS) is 10.6. The Balaban J connectivity index is 1.71. The van der Waals surface area contributed by atoms with Crippen molar-refractivity contribution in [3.8, 4) is 11.3 Å². The fourth-order valence-corrected chi connectivity index (χ4v) is 2.64. The van der Waals surface area contributed by atoms with Crippen LogP contribution in [-0.4, -0.2) is 10.9 Å². The number of hydrogen-bond donors (Lipinski definition) is 2. The van der Waals surface area contributed by atoms with Gasteiger partial charge in [0.05, 0.1) is 23.3 Å². The number of primary amides is 1. The quantitative estimate of drug-likeness (QED) is 0.734. The molecule has 0 aliphatic carbocycles. The number of amides is 1. The highest BCUT2D eigenvalue weighted by atomic mass is 35.5. The first-order chi connectivity index (χ1) is 11.5. The molecule has 1 heterocycles. The Morgan fingerprint density at radius 3 is 2.79 bits per heavy atom. The molecule has 0 atom stereocenters. The van der Waals surface area contributed by atoms with Gasteiger partial charge in [0.1, 0.15) is 0 Å². The van der Waals surface area contributed by atoms with E-state index in [0.29, 0.717) is 23.0 Å². The Morgan fingerprint density at radius 2 is 2.08 bits per heavy atom. The van der Waals surface area contributed by atoms with Crippen LogP contribution >= 0.6 is 11.6 Å². The van der Waals surface area contributed by atoms with Crippen LogP contribution in [0.15, 0.2) is 53.1 Å². The lowest BCUT2D eigenvalue weighted by Crippen LogP contribution is -2.11. The number of nitrogens with two attached hydrogens (primary N) is 1. The van der Waals surface area contributed by atoms with Gasteiger partial charge in [-0.2, -0.15) is 0 Å². The molecule has 3 aromatic rings. The average Bonchev–Trinajstić information content (AvgIpc) is 3.02. The molecule has 0 saturated carbocycles. The fraction of sp³-hybridized carbons (Fsp3) is 0.111. The van der Waals surface area contributed by atoms with Crippen LogP contribution in [0, 0.1) is 6.92 Å². The summed E-state index contributed by atoms with van der Waals surface area (Å²) in [7, 11) is 0. The van der Waals surface area contributed by atoms with Gasteiger partial charge in [-0.15, -0.1) is 0 Å².